The van der Waals surface area contributed by atoms with Gasteiger partial charge in [-0.25, -0.2) is 12.8 Å². The topological polar surface area (TPSA) is 95.1 Å². The number of aromatic nitrogens is 2. The first-order chi connectivity index (χ1) is 8.94. The number of hydrogen-bond donors (Lipinski definition) is 3. The van der Waals surface area contributed by atoms with Gasteiger partial charge in [0.05, 0.1) is 23.4 Å². The molecule has 0 fully saturated rings. The van der Waals surface area contributed by atoms with Gasteiger partial charge in [0, 0.05) is 11.8 Å². The summed E-state index contributed by atoms with van der Waals surface area (Å²) in [6.45, 7) is 0.922. The molecule has 0 bridgehead atoms. The number of nitrogens with one attached hydrogen (secondary N) is 2. The Morgan fingerprint density at radius 1 is 1.47 bits per heavy atom. The lowest BCUT2D eigenvalue weighted by molar-refractivity contribution is 0.281. The molecule has 19 heavy (non-hydrogen) atoms. The summed E-state index contributed by atoms with van der Waals surface area (Å²) in [5, 5.41) is 15.1. The molecule has 0 aliphatic carbocycles. The molecule has 0 saturated heterocycles. The molecule has 8 heteroatoms. The Hall–Kier alpha value is -1.93. The zero-order chi connectivity index (χ0) is 14.0. The van der Waals surface area contributed by atoms with Crippen molar-refractivity contribution in [3.8, 4) is 0 Å². The van der Waals surface area contributed by atoms with Crippen LogP contribution in [0.5, 0.6) is 0 Å². The van der Waals surface area contributed by atoms with Gasteiger partial charge in [-0.05, 0) is 24.6 Å². The van der Waals surface area contributed by atoms with E-state index < -0.39 is 22.4 Å². The minimum atomic E-state index is -3.93. The molecule has 6 nitrogen and oxygen atoms in total. The summed E-state index contributed by atoms with van der Waals surface area (Å²) in [4.78, 5) is -0.210. The van der Waals surface area contributed by atoms with Gasteiger partial charge >= 0.3 is 0 Å². The third-order valence-electron chi connectivity index (χ3n) is 2.58. The summed E-state index contributed by atoms with van der Waals surface area (Å²) < 4.78 is 40.2. The van der Waals surface area contributed by atoms with Crippen LogP contribution in [0, 0.1) is 12.7 Å². The fraction of sp³-hybridized carbons (Fsp3) is 0.182. The van der Waals surface area contributed by atoms with Crippen LogP contribution in [0.4, 0.5) is 10.1 Å². The molecule has 1 heterocycles. The molecule has 2 rings (SSSR count). The minimum Gasteiger partial charge on any atom is -0.392 e. The number of nitrogens with zero attached hydrogens (tertiary/aromatic N) is 1. The Labute approximate surface area is 109 Å². The fourth-order valence-electron chi connectivity index (χ4n) is 1.59. The summed E-state index contributed by atoms with van der Waals surface area (Å²) in [7, 11) is -3.93. The van der Waals surface area contributed by atoms with Gasteiger partial charge in [-0.2, -0.15) is 5.10 Å². The number of hydrogen-bond acceptors (Lipinski definition) is 4. The van der Waals surface area contributed by atoms with E-state index >= 15 is 0 Å². The molecule has 0 unspecified atom stereocenters. The van der Waals surface area contributed by atoms with Gasteiger partial charge in [0.15, 0.2) is 0 Å². The molecule has 1 aromatic carbocycles. The van der Waals surface area contributed by atoms with Gasteiger partial charge in [0.2, 0.25) is 0 Å². The number of aliphatic hydroxyl groups is 1. The molecular weight excluding hydrogens is 273 g/mol. The first-order valence-corrected chi connectivity index (χ1v) is 6.84. The van der Waals surface area contributed by atoms with Crippen LogP contribution < -0.4 is 4.72 Å². The van der Waals surface area contributed by atoms with Crippen LogP contribution in [-0.2, 0) is 16.6 Å². The smallest absolute Gasteiger partial charge is 0.262 e. The van der Waals surface area contributed by atoms with Gasteiger partial charge in [-0.15, -0.1) is 0 Å². The second kappa shape index (κ2) is 4.98. The minimum absolute atomic E-state index is 0.00630. The number of rotatable bonds is 4. The van der Waals surface area contributed by atoms with Crippen molar-refractivity contribution in [3.05, 3.63) is 41.5 Å². The molecule has 0 aliphatic rings. The number of sulfonamides is 1. The largest absolute Gasteiger partial charge is 0.392 e. The molecule has 0 saturated carbocycles. The number of aromatic amines is 1. The quantitative estimate of drug-likeness (QED) is 0.785. The van der Waals surface area contributed by atoms with E-state index in [-0.39, 0.29) is 21.7 Å². The second-order valence-electron chi connectivity index (χ2n) is 3.95. The van der Waals surface area contributed by atoms with E-state index in [0.29, 0.717) is 0 Å². The van der Waals surface area contributed by atoms with Crippen LogP contribution in [0.2, 0.25) is 0 Å². The van der Waals surface area contributed by atoms with Gasteiger partial charge < -0.3 is 5.11 Å². The highest BCUT2D eigenvalue weighted by Gasteiger charge is 2.20. The Morgan fingerprint density at radius 2 is 2.21 bits per heavy atom. The Kier molecular flexibility index (Phi) is 3.54. The second-order valence-corrected chi connectivity index (χ2v) is 5.60. The molecule has 0 amide bonds. The lowest BCUT2D eigenvalue weighted by Gasteiger charge is -2.11. The van der Waals surface area contributed by atoms with Crippen molar-refractivity contribution in [2.45, 2.75) is 18.4 Å². The van der Waals surface area contributed by atoms with Crippen LogP contribution in [0.25, 0.3) is 0 Å². The average molecular weight is 285 g/mol. The fourth-order valence-corrected chi connectivity index (χ4v) is 2.93. The molecule has 0 aliphatic heterocycles. The average Bonchev–Trinajstić information content (AvgIpc) is 2.84. The normalized spacial score (nSPS) is 11.5. The van der Waals surface area contributed by atoms with Crippen LogP contribution in [0.1, 0.15) is 11.1 Å². The van der Waals surface area contributed by atoms with E-state index in [2.05, 4.69) is 14.9 Å². The summed E-state index contributed by atoms with van der Waals surface area (Å²) >= 11 is 0. The molecule has 0 spiro atoms. The van der Waals surface area contributed by atoms with Crippen LogP contribution in [0.15, 0.2) is 29.4 Å². The molecular formula is C11H12FN3O3S. The predicted molar refractivity (Wildman–Crippen MR) is 66.5 cm³/mol. The first-order valence-electron chi connectivity index (χ1n) is 5.35. The van der Waals surface area contributed by atoms with E-state index in [1.807, 2.05) is 0 Å². The van der Waals surface area contributed by atoms with Crippen molar-refractivity contribution in [2.75, 3.05) is 4.72 Å². The van der Waals surface area contributed by atoms with Crippen molar-refractivity contribution in [1.82, 2.24) is 10.2 Å². The first kappa shape index (κ1) is 13.5. The summed E-state index contributed by atoms with van der Waals surface area (Å²) in [5.41, 5.74) is 0.429. The van der Waals surface area contributed by atoms with Crippen LogP contribution in [0.3, 0.4) is 0 Å². The van der Waals surface area contributed by atoms with Gasteiger partial charge in [0.1, 0.15) is 5.82 Å². The van der Waals surface area contributed by atoms with Gasteiger partial charge in [-0.1, -0.05) is 0 Å². The van der Waals surface area contributed by atoms with E-state index in [1.165, 1.54) is 25.4 Å². The molecule has 2 aromatic rings. The maximum absolute atomic E-state index is 13.6. The zero-order valence-electron chi connectivity index (χ0n) is 10.0. The lowest BCUT2D eigenvalue weighted by atomic mass is 10.1. The number of H-pyrrole nitrogens is 1. The highest BCUT2D eigenvalue weighted by Crippen LogP contribution is 2.22. The van der Waals surface area contributed by atoms with Crippen molar-refractivity contribution >= 4 is 15.7 Å². The predicted octanol–water partition coefficient (Wildman–Crippen LogP) is 1.15. The van der Waals surface area contributed by atoms with Crippen LogP contribution >= 0.6 is 0 Å². The monoisotopic (exact) mass is 285 g/mol. The van der Waals surface area contributed by atoms with E-state index in [4.69, 9.17) is 5.11 Å². The Bertz CT molecular complexity index is 683. The number of anilines is 1. The number of benzene rings is 1. The van der Waals surface area contributed by atoms with Crippen molar-refractivity contribution in [1.29, 1.82) is 0 Å². The van der Waals surface area contributed by atoms with Crippen LogP contribution in [-0.4, -0.2) is 23.7 Å². The maximum Gasteiger partial charge on any atom is 0.262 e. The summed E-state index contributed by atoms with van der Waals surface area (Å²) in [6.07, 6.45) is 2.65. The van der Waals surface area contributed by atoms with Gasteiger partial charge in [-0.3, -0.25) is 9.82 Å². The molecule has 1 aromatic heterocycles. The van der Waals surface area contributed by atoms with E-state index in [1.54, 1.807) is 0 Å². The summed E-state index contributed by atoms with van der Waals surface area (Å²) in [6, 6.07) is 2.34. The SMILES string of the molecule is Cc1c(F)cc(CO)cc1S(=O)(=O)Nc1cn[nH]c1. The zero-order valence-corrected chi connectivity index (χ0v) is 10.8. The Balaban J connectivity index is 2.48. The van der Waals surface area contributed by atoms with Crippen molar-refractivity contribution in [2.24, 2.45) is 0 Å². The third kappa shape index (κ3) is 2.74. The highest BCUT2D eigenvalue weighted by atomic mass is 32.2. The van der Waals surface area contributed by atoms with Crippen molar-refractivity contribution < 1.29 is 17.9 Å². The molecule has 3 N–H and O–H groups in total. The highest BCUT2D eigenvalue weighted by molar-refractivity contribution is 7.92. The number of aliphatic hydroxyl groups excluding tert-OH is 1. The summed E-state index contributed by atoms with van der Waals surface area (Å²) in [5.74, 6) is -0.681. The maximum atomic E-state index is 13.6. The molecule has 0 atom stereocenters. The Morgan fingerprint density at radius 3 is 2.79 bits per heavy atom. The molecule has 102 valence electrons. The number of halogens is 1. The van der Waals surface area contributed by atoms with E-state index in [0.717, 1.165) is 6.07 Å². The third-order valence-corrected chi connectivity index (χ3v) is 4.09. The standard InChI is InChI=1S/C11H12FN3O3S/c1-7-10(12)2-8(6-16)3-11(7)19(17,18)15-9-4-13-14-5-9/h2-5,15-16H,6H2,1H3,(H,13,14). The van der Waals surface area contributed by atoms with Crippen molar-refractivity contribution in [3.63, 3.8) is 0 Å². The van der Waals surface area contributed by atoms with Gasteiger partial charge in [0.25, 0.3) is 10.0 Å². The molecule has 0 radical (unpaired) electrons. The lowest BCUT2D eigenvalue weighted by Crippen LogP contribution is -2.15. The van der Waals surface area contributed by atoms with E-state index in [9.17, 15) is 12.8 Å².